The van der Waals surface area contributed by atoms with E-state index in [9.17, 15) is 0 Å². The van der Waals surface area contributed by atoms with Gasteiger partial charge in [0.25, 0.3) is 0 Å². The van der Waals surface area contributed by atoms with Gasteiger partial charge < -0.3 is 5.73 Å². The van der Waals surface area contributed by atoms with Gasteiger partial charge in [-0.05, 0) is 30.7 Å². The summed E-state index contributed by atoms with van der Waals surface area (Å²) < 4.78 is 1.81. The van der Waals surface area contributed by atoms with Crippen LogP contribution >= 0.6 is 0 Å². The molecule has 2 aromatic heterocycles. The first-order valence-corrected chi connectivity index (χ1v) is 6.35. The summed E-state index contributed by atoms with van der Waals surface area (Å²) in [6.45, 7) is 2.11. The molecule has 3 aromatic rings. The van der Waals surface area contributed by atoms with Gasteiger partial charge in [-0.1, -0.05) is 24.6 Å². The third kappa shape index (κ3) is 2.03. The second-order valence-electron chi connectivity index (χ2n) is 4.46. The zero-order valence-corrected chi connectivity index (χ0v) is 10.7. The molecular weight excluding hydrogens is 238 g/mol. The maximum Gasteiger partial charge on any atom is 0.169 e. The minimum Gasteiger partial charge on any atom is -0.381 e. The summed E-state index contributed by atoms with van der Waals surface area (Å²) in [6.07, 6.45) is 3.66. The van der Waals surface area contributed by atoms with Crippen LogP contribution in [0.25, 0.3) is 16.6 Å². The monoisotopic (exact) mass is 253 g/mol. The zero-order chi connectivity index (χ0) is 13.2. The average Bonchev–Trinajstić information content (AvgIpc) is 2.80. The quantitative estimate of drug-likeness (QED) is 0.777. The van der Waals surface area contributed by atoms with Crippen LogP contribution in [0, 0.1) is 0 Å². The molecule has 0 aliphatic carbocycles. The van der Waals surface area contributed by atoms with E-state index in [1.807, 2.05) is 28.9 Å². The highest BCUT2D eigenvalue weighted by Gasteiger charge is 2.11. The van der Waals surface area contributed by atoms with Gasteiger partial charge in [0.2, 0.25) is 0 Å². The molecule has 0 saturated carbocycles. The lowest BCUT2D eigenvalue weighted by molar-refractivity contribution is 0.746. The lowest BCUT2D eigenvalue weighted by Gasteiger charge is -2.06. The number of benzene rings is 1. The van der Waals surface area contributed by atoms with Gasteiger partial charge in [-0.3, -0.25) is 4.98 Å². The summed E-state index contributed by atoms with van der Waals surface area (Å²) in [4.78, 5) is 4.31. The predicted molar refractivity (Wildman–Crippen MR) is 75.1 cm³/mol. The number of nitrogens with zero attached hydrogens (tertiary/aromatic N) is 4. The van der Waals surface area contributed by atoms with Crippen LogP contribution in [0.15, 0.2) is 36.5 Å². The normalized spacial score (nSPS) is 11.0. The molecule has 2 heterocycles. The molecule has 2 N–H and O–H groups in total. The van der Waals surface area contributed by atoms with Crippen molar-refractivity contribution >= 4 is 16.7 Å². The Kier molecular flexibility index (Phi) is 2.87. The molecule has 0 aliphatic heterocycles. The van der Waals surface area contributed by atoms with Crippen molar-refractivity contribution in [2.45, 2.75) is 19.8 Å². The average molecular weight is 253 g/mol. The van der Waals surface area contributed by atoms with E-state index in [4.69, 9.17) is 5.73 Å². The minimum atomic E-state index is 0.508. The fraction of sp³-hybridized carbons (Fsp3) is 0.214. The number of aromatic nitrogens is 4. The molecule has 0 amide bonds. The number of fused-ring (bicyclic) bond motifs is 1. The molecule has 0 spiro atoms. The van der Waals surface area contributed by atoms with Crippen LogP contribution in [-0.4, -0.2) is 20.0 Å². The first-order valence-electron chi connectivity index (χ1n) is 6.35. The summed E-state index contributed by atoms with van der Waals surface area (Å²) in [7, 11) is 0. The Balaban J connectivity index is 2.13. The van der Waals surface area contributed by atoms with E-state index in [1.54, 1.807) is 6.20 Å². The van der Waals surface area contributed by atoms with Crippen LogP contribution in [0.3, 0.4) is 0 Å². The molecule has 0 bridgehead atoms. The summed E-state index contributed by atoms with van der Waals surface area (Å²) >= 11 is 0. The Labute approximate surface area is 111 Å². The predicted octanol–water partition coefficient (Wildman–Crippen LogP) is 2.35. The van der Waals surface area contributed by atoms with Gasteiger partial charge in [0.15, 0.2) is 5.82 Å². The molecule has 0 aliphatic rings. The van der Waals surface area contributed by atoms with Gasteiger partial charge in [0.1, 0.15) is 0 Å². The fourth-order valence-electron chi connectivity index (χ4n) is 2.19. The van der Waals surface area contributed by atoms with Crippen molar-refractivity contribution < 1.29 is 0 Å². The van der Waals surface area contributed by atoms with E-state index in [2.05, 4.69) is 28.3 Å². The summed E-state index contributed by atoms with van der Waals surface area (Å²) in [5, 5.41) is 9.18. The smallest absolute Gasteiger partial charge is 0.169 e. The van der Waals surface area contributed by atoms with Crippen molar-refractivity contribution in [3.05, 3.63) is 42.2 Å². The van der Waals surface area contributed by atoms with Crippen LogP contribution in [0.1, 0.15) is 19.0 Å². The van der Waals surface area contributed by atoms with Crippen molar-refractivity contribution in [3.63, 3.8) is 0 Å². The lowest BCUT2D eigenvalue weighted by Crippen LogP contribution is -2.03. The second kappa shape index (κ2) is 4.68. The Morgan fingerprint density at radius 2 is 2.16 bits per heavy atom. The molecule has 5 heteroatoms. The molecule has 0 saturated heterocycles. The number of hydrogen-bond donors (Lipinski definition) is 1. The number of nitrogen functional groups attached to an aromatic ring is 1. The third-order valence-electron chi connectivity index (χ3n) is 3.11. The molecule has 96 valence electrons. The van der Waals surface area contributed by atoms with Crippen LogP contribution in [0.4, 0.5) is 5.82 Å². The molecule has 0 fully saturated rings. The molecule has 0 radical (unpaired) electrons. The van der Waals surface area contributed by atoms with Crippen molar-refractivity contribution in [2.75, 3.05) is 5.73 Å². The topological polar surface area (TPSA) is 69.6 Å². The van der Waals surface area contributed by atoms with Crippen LogP contribution in [-0.2, 0) is 6.42 Å². The van der Waals surface area contributed by atoms with E-state index in [0.29, 0.717) is 5.82 Å². The molecule has 5 nitrogen and oxygen atoms in total. The molecule has 1 aromatic carbocycles. The Morgan fingerprint density at radius 3 is 3.00 bits per heavy atom. The molecule has 19 heavy (non-hydrogen) atoms. The molecule has 0 atom stereocenters. The highest BCUT2D eigenvalue weighted by molar-refractivity contribution is 5.80. The standard InChI is InChI=1S/C14H15N5/c1-2-4-13-14(15)17-18-19(13)11-6-7-12-10(9-11)5-3-8-16-12/h3,5-9H,2,4,15H2,1H3. The molecule has 3 rings (SSSR count). The van der Waals surface area contributed by atoms with E-state index in [1.165, 1.54) is 0 Å². The summed E-state index contributed by atoms with van der Waals surface area (Å²) in [5.41, 5.74) is 8.77. The third-order valence-corrected chi connectivity index (χ3v) is 3.11. The number of rotatable bonds is 3. The van der Waals surface area contributed by atoms with Gasteiger partial charge in [-0.2, -0.15) is 0 Å². The van der Waals surface area contributed by atoms with Crippen LogP contribution in [0.5, 0.6) is 0 Å². The van der Waals surface area contributed by atoms with E-state index in [0.717, 1.165) is 35.1 Å². The van der Waals surface area contributed by atoms with Gasteiger partial charge in [-0.15, -0.1) is 5.10 Å². The Morgan fingerprint density at radius 1 is 1.26 bits per heavy atom. The van der Waals surface area contributed by atoms with Crippen LogP contribution in [0.2, 0.25) is 0 Å². The maximum atomic E-state index is 5.87. The van der Waals surface area contributed by atoms with Crippen molar-refractivity contribution in [1.82, 2.24) is 20.0 Å². The summed E-state index contributed by atoms with van der Waals surface area (Å²) in [5.74, 6) is 0.508. The Bertz CT molecular complexity index is 717. The Hall–Kier alpha value is -2.43. The largest absolute Gasteiger partial charge is 0.381 e. The van der Waals surface area contributed by atoms with Crippen molar-refractivity contribution in [1.29, 1.82) is 0 Å². The second-order valence-corrected chi connectivity index (χ2v) is 4.46. The zero-order valence-electron chi connectivity index (χ0n) is 10.7. The van der Waals surface area contributed by atoms with E-state index < -0.39 is 0 Å². The van der Waals surface area contributed by atoms with Gasteiger partial charge in [0.05, 0.1) is 16.9 Å². The molecular formula is C14H15N5. The highest BCUT2D eigenvalue weighted by Crippen LogP contribution is 2.20. The SMILES string of the molecule is CCCc1c(N)nnn1-c1ccc2ncccc2c1. The maximum absolute atomic E-state index is 5.87. The molecule has 0 unspecified atom stereocenters. The number of pyridine rings is 1. The minimum absolute atomic E-state index is 0.508. The van der Waals surface area contributed by atoms with Crippen LogP contribution < -0.4 is 5.73 Å². The van der Waals surface area contributed by atoms with E-state index >= 15 is 0 Å². The first kappa shape index (κ1) is 11.6. The van der Waals surface area contributed by atoms with Gasteiger partial charge in [-0.25, -0.2) is 4.68 Å². The highest BCUT2D eigenvalue weighted by atomic mass is 15.4. The first-order chi connectivity index (χ1) is 9.29. The number of nitrogens with two attached hydrogens (primary N) is 1. The summed E-state index contributed by atoms with van der Waals surface area (Å²) in [6, 6.07) is 9.98. The van der Waals surface area contributed by atoms with E-state index in [-0.39, 0.29) is 0 Å². The number of anilines is 1. The number of hydrogen-bond acceptors (Lipinski definition) is 4. The van der Waals surface area contributed by atoms with Crippen molar-refractivity contribution in [2.24, 2.45) is 0 Å². The fourth-order valence-corrected chi connectivity index (χ4v) is 2.19. The van der Waals surface area contributed by atoms with Gasteiger partial charge in [0, 0.05) is 11.6 Å². The van der Waals surface area contributed by atoms with Gasteiger partial charge >= 0.3 is 0 Å². The van der Waals surface area contributed by atoms with Crippen molar-refractivity contribution in [3.8, 4) is 5.69 Å². The lowest BCUT2D eigenvalue weighted by atomic mass is 10.2.